The van der Waals surface area contributed by atoms with E-state index in [0.29, 0.717) is 24.1 Å². The predicted octanol–water partition coefficient (Wildman–Crippen LogP) is 3.07. The fourth-order valence-electron chi connectivity index (χ4n) is 2.96. The molecule has 0 aliphatic heterocycles. The molecule has 6 heteroatoms. The summed E-state index contributed by atoms with van der Waals surface area (Å²) in [5.74, 6) is -0.631. The zero-order chi connectivity index (χ0) is 18.7. The van der Waals surface area contributed by atoms with Crippen LogP contribution in [-0.4, -0.2) is 33.4 Å². The Morgan fingerprint density at radius 2 is 1.85 bits per heavy atom. The van der Waals surface area contributed by atoms with Crippen molar-refractivity contribution in [1.29, 1.82) is 0 Å². The smallest absolute Gasteiger partial charge is 0.265 e. The van der Waals surface area contributed by atoms with Gasteiger partial charge >= 0.3 is 0 Å². The fourth-order valence-corrected chi connectivity index (χ4v) is 2.96. The average molecular weight is 353 g/mol. The molecule has 134 valence electrons. The van der Waals surface area contributed by atoms with Crippen molar-refractivity contribution in [3.63, 3.8) is 0 Å². The van der Waals surface area contributed by atoms with Gasteiger partial charge in [-0.25, -0.2) is 9.37 Å². The van der Waals surface area contributed by atoms with Crippen LogP contribution in [0.25, 0.3) is 11.0 Å². The number of pyridine rings is 2. The number of halogens is 1. The number of rotatable bonds is 5. The molecule has 0 saturated heterocycles. The highest BCUT2D eigenvalue weighted by molar-refractivity contribution is 5.96. The number of nitrogens with zero attached hydrogens (tertiary/aromatic N) is 3. The Labute approximate surface area is 150 Å². The average Bonchev–Trinajstić information content (AvgIpc) is 2.66. The summed E-state index contributed by atoms with van der Waals surface area (Å²) in [4.78, 5) is 31.7. The van der Waals surface area contributed by atoms with Crippen LogP contribution in [-0.2, 0) is 6.54 Å². The lowest BCUT2D eigenvalue weighted by Gasteiger charge is -2.19. The summed E-state index contributed by atoms with van der Waals surface area (Å²) in [5, 5.41) is 0.713. The number of amides is 1. The van der Waals surface area contributed by atoms with Crippen molar-refractivity contribution < 1.29 is 9.18 Å². The van der Waals surface area contributed by atoms with E-state index in [1.807, 2.05) is 19.9 Å². The first kappa shape index (κ1) is 17.8. The first-order valence-electron chi connectivity index (χ1n) is 8.57. The third kappa shape index (κ3) is 3.35. The normalized spacial score (nSPS) is 10.9. The number of hydrogen-bond acceptors (Lipinski definition) is 3. The summed E-state index contributed by atoms with van der Waals surface area (Å²) in [6, 6.07) is 11.1. The third-order valence-corrected chi connectivity index (χ3v) is 4.38. The van der Waals surface area contributed by atoms with Crippen molar-refractivity contribution in [3.05, 3.63) is 76.0 Å². The van der Waals surface area contributed by atoms with Crippen LogP contribution >= 0.6 is 0 Å². The molecule has 0 atom stereocenters. The van der Waals surface area contributed by atoms with E-state index in [1.165, 1.54) is 16.7 Å². The van der Waals surface area contributed by atoms with Crippen molar-refractivity contribution in [2.45, 2.75) is 20.4 Å². The highest BCUT2D eigenvalue weighted by Gasteiger charge is 2.20. The van der Waals surface area contributed by atoms with E-state index in [4.69, 9.17) is 0 Å². The maximum atomic E-state index is 13.2. The molecule has 0 bridgehead atoms. The largest absolute Gasteiger partial charge is 0.339 e. The van der Waals surface area contributed by atoms with Crippen LogP contribution in [0.1, 0.15) is 29.8 Å². The number of aromatic nitrogens is 2. The lowest BCUT2D eigenvalue weighted by atomic mass is 10.1. The minimum atomic E-state index is -0.391. The minimum absolute atomic E-state index is 0.122. The molecule has 26 heavy (non-hydrogen) atoms. The van der Waals surface area contributed by atoms with Crippen molar-refractivity contribution >= 4 is 16.9 Å². The Morgan fingerprint density at radius 3 is 2.50 bits per heavy atom. The molecule has 5 nitrogen and oxygen atoms in total. The minimum Gasteiger partial charge on any atom is -0.339 e. The number of hydrogen-bond donors (Lipinski definition) is 0. The first-order chi connectivity index (χ1) is 12.5. The summed E-state index contributed by atoms with van der Waals surface area (Å²) in [7, 11) is 0. The van der Waals surface area contributed by atoms with Crippen LogP contribution in [0.15, 0.2) is 53.5 Å². The first-order valence-corrected chi connectivity index (χ1v) is 8.57. The number of carbonyl (C=O) groups excluding carboxylic acids is 1. The van der Waals surface area contributed by atoms with Gasteiger partial charge in [0.15, 0.2) is 0 Å². The van der Waals surface area contributed by atoms with Gasteiger partial charge in [-0.05, 0) is 49.7 Å². The molecule has 0 spiro atoms. The fraction of sp³-hybridized carbons (Fsp3) is 0.250. The topological polar surface area (TPSA) is 55.2 Å². The monoisotopic (exact) mass is 353 g/mol. The molecule has 3 rings (SSSR count). The Balaban J connectivity index is 2.17. The number of carbonyl (C=O) groups is 1. The molecular weight excluding hydrogens is 333 g/mol. The molecule has 0 aliphatic rings. The lowest BCUT2D eigenvalue weighted by molar-refractivity contribution is 0.0771. The van der Waals surface area contributed by atoms with Gasteiger partial charge in [0.25, 0.3) is 11.5 Å². The molecule has 0 N–H and O–H groups in total. The summed E-state index contributed by atoms with van der Waals surface area (Å²) >= 11 is 0. The Kier molecular flexibility index (Phi) is 5.11. The van der Waals surface area contributed by atoms with Gasteiger partial charge < -0.3 is 4.90 Å². The summed E-state index contributed by atoms with van der Waals surface area (Å²) in [5.41, 5.74) is 0.986. The number of benzene rings is 1. The van der Waals surface area contributed by atoms with Crippen LogP contribution in [0, 0.1) is 5.82 Å². The summed E-state index contributed by atoms with van der Waals surface area (Å²) in [6.45, 7) is 5.02. The van der Waals surface area contributed by atoms with Crippen LogP contribution < -0.4 is 5.56 Å². The van der Waals surface area contributed by atoms with E-state index < -0.39 is 5.56 Å². The van der Waals surface area contributed by atoms with Crippen LogP contribution in [0.5, 0.6) is 0 Å². The van der Waals surface area contributed by atoms with Gasteiger partial charge in [0, 0.05) is 24.7 Å². The molecule has 2 heterocycles. The van der Waals surface area contributed by atoms with Gasteiger partial charge in [-0.2, -0.15) is 0 Å². The molecule has 1 amide bonds. The van der Waals surface area contributed by atoms with Crippen molar-refractivity contribution in [2.75, 3.05) is 13.1 Å². The van der Waals surface area contributed by atoms with Crippen molar-refractivity contribution in [3.8, 4) is 0 Å². The van der Waals surface area contributed by atoms with Crippen molar-refractivity contribution in [1.82, 2.24) is 14.5 Å². The van der Waals surface area contributed by atoms with Gasteiger partial charge in [-0.3, -0.25) is 14.2 Å². The Hall–Kier alpha value is -3.02. The Morgan fingerprint density at radius 1 is 1.15 bits per heavy atom. The van der Waals surface area contributed by atoms with Crippen LogP contribution in [0.4, 0.5) is 4.39 Å². The molecular formula is C20H20FN3O2. The van der Waals surface area contributed by atoms with E-state index in [0.717, 1.165) is 5.56 Å². The summed E-state index contributed by atoms with van der Waals surface area (Å²) < 4.78 is 14.6. The van der Waals surface area contributed by atoms with Gasteiger partial charge in [-0.15, -0.1) is 0 Å². The Bertz CT molecular complexity index is 992. The molecule has 0 radical (unpaired) electrons. The van der Waals surface area contributed by atoms with Gasteiger partial charge in [-0.1, -0.05) is 12.1 Å². The highest BCUT2D eigenvalue weighted by atomic mass is 19.1. The second-order valence-electron chi connectivity index (χ2n) is 5.97. The SMILES string of the molecule is CCN(CC)C(=O)c1cc2cccnc2n(Cc2ccc(F)cc2)c1=O. The number of fused-ring (bicyclic) bond motifs is 1. The van der Waals surface area contributed by atoms with Crippen molar-refractivity contribution in [2.24, 2.45) is 0 Å². The van der Waals surface area contributed by atoms with E-state index in [2.05, 4.69) is 4.98 Å². The predicted molar refractivity (Wildman–Crippen MR) is 98.8 cm³/mol. The zero-order valence-corrected chi connectivity index (χ0v) is 14.8. The maximum Gasteiger partial charge on any atom is 0.265 e. The maximum absolute atomic E-state index is 13.2. The van der Waals surface area contributed by atoms with Crippen LogP contribution in [0.3, 0.4) is 0 Å². The molecule has 0 aliphatic carbocycles. The second-order valence-corrected chi connectivity index (χ2v) is 5.97. The molecule has 0 saturated carbocycles. The van der Waals surface area contributed by atoms with E-state index >= 15 is 0 Å². The van der Waals surface area contributed by atoms with E-state index in [-0.39, 0.29) is 23.8 Å². The summed E-state index contributed by atoms with van der Waals surface area (Å²) in [6.07, 6.45) is 1.61. The van der Waals surface area contributed by atoms with Gasteiger partial charge in [0.05, 0.1) is 6.54 Å². The highest BCUT2D eigenvalue weighted by Crippen LogP contribution is 2.14. The lowest BCUT2D eigenvalue weighted by Crippen LogP contribution is -2.37. The molecule has 0 unspecified atom stereocenters. The molecule has 0 fully saturated rings. The third-order valence-electron chi connectivity index (χ3n) is 4.38. The van der Waals surface area contributed by atoms with E-state index in [1.54, 1.807) is 35.4 Å². The quantitative estimate of drug-likeness (QED) is 0.708. The standard InChI is InChI=1S/C20H20FN3O2/c1-3-23(4-2)19(25)17-12-15-6-5-11-22-18(15)24(20(17)26)13-14-7-9-16(21)10-8-14/h5-12H,3-4,13H2,1-2H3. The van der Waals surface area contributed by atoms with Gasteiger partial charge in [0.2, 0.25) is 0 Å². The second kappa shape index (κ2) is 7.47. The van der Waals surface area contributed by atoms with E-state index in [9.17, 15) is 14.0 Å². The zero-order valence-electron chi connectivity index (χ0n) is 14.8. The van der Waals surface area contributed by atoms with Gasteiger partial charge in [0.1, 0.15) is 17.0 Å². The molecule has 3 aromatic rings. The van der Waals surface area contributed by atoms with Crippen LogP contribution in [0.2, 0.25) is 0 Å². The molecule has 1 aromatic carbocycles. The molecule has 2 aromatic heterocycles.